The molecule has 0 aliphatic carbocycles. The van der Waals surface area contributed by atoms with E-state index in [9.17, 15) is 9.59 Å². The van der Waals surface area contributed by atoms with Gasteiger partial charge in [-0.05, 0) is 25.1 Å². The average molecular weight is 296 g/mol. The smallest absolute Gasteiger partial charge is 0.297 e. The van der Waals surface area contributed by atoms with E-state index in [2.05, 4.69) is 4.98 Å². The fourth-order valence-corrected chi connectivity index (χ4v) is 1.94. The van der Waals surface area contributed by atoms with E-state index >= 15 is 0 Å². The highest BCUT2D eigenvalue weighted by Crippen LogP contribution is 2.18. The van der Waals surface area contributed by atoms with Crippen LogP contribution in [0, 0.1) is 18.3 Å². The Morgan fingerprint density at radius 2 is 2.00 bits per heavy atom. The highest BCUT2D eigenvalue weighted by molar-refractivity contribution is 6.32. The summed E-state index contributed by atoms with van der Waals surface area (Å²) in [6, 6.07) is 6.18. The van der Waals surface area contributed by atoms with E-state index in [-0.39, 0.29) is 27.0 Å². The summed E-state index contributed by atoms with van der Waals surface area (Å²) in [6.07, 6.45) is 0. The number of aromatic nitrogens is 2. The number of halogens is 2. The van der Waals surface area contributed by atoms with Crippen LogP contribution in [0.15, 0.2) is 27.8 Å². The number of hydrogen-bond donors (Lipinski definition) is 1. The first kappa shape index (κ1) is 13.4. The lowest BCUT2D eigenvalue weighted by molar-refractivity contribution is 0.860. The van der Waals surface area contributed by atoms with Crippen molar-refractivity contribution in [2.24, 2.45) is 0 Å². The molecule has 2 rings (SSSR count). The molecule has 0 fully saturated rings. The first-order valence-electron chi connectivity index (χ1n) is 5.17. The average Bonchev–Trinajstić information content (AvgIpc) is 2.36. The molecule has 1 aromatic carbocycles. The summed E-state index contributed by atoms with van der Waals surface area (Å²) in [5, 5.41) is 8.95. The van der Waals surface area contributed by atoms with Gasteiger partial charge >= 0.3 is 5.69 Å². The third kappa shape index (κ3) is 2.28. The summed E-state index contributed by atoms with van der Waals surface area (Å²) in [5.41, 5.74) is -0.437. The molecule has 1 heterocycles. The Bertz CT molecular complexity index is 815. The zero-order valence-electron chi connectivity index (χ0n) is 9.70. The minimum absolute atomic E-state index is 0.00555. The fraction of sp³-hybridized carbons (Fsp3) is 0.0833. The Labute approximate surface area is 117 Å². The van der Waals surface area contributed by atoms with Crippen molar-refractivity contribution in [3.05, 3.63) is 60.3 Å². The number of H-pyrrole nitrogens is 1. The van der Waals surface area contributed by atoms with Crippen molar-refractivity contribution in [2.45, 2.75) is 6.92 Å². The normalized spacial score (nSPS) is 10.2. The standard InChI is InChI=1S/C12H7Cl2N3O2/c1-6-10(14)16-12(19)17(11(6)18)8-3-2-7(5-15)9(13)4-8/h2-4H,1H3,(H,16,19). The fourth-order valence-electron chi connectivity index (χ4n) is 1.57. The van der Waals surface area contributed by atoms with Crippen LogP contribution in [-0.4, -0.2) is 9.55 Å². The number of rotatable bonds is 1. The first-order chi connectivity index (χ1) is 8.95. The first-order valence-corrected chi connectivity index (χ1v) is 5.92. The Hall–Kier alpha value is -2.03. The molecular weight excluding hydrogens is 289 g/mol. The summed E-state index contributed by atoms with van der Waals surface area (Å²) in [4.78, 5) is 26.2. The molecule has 5 nitrogen and oxygen atoms in total. The van der Waals surface area contributed by atoms with Crippen molar-refractivity contribution >= 4 is 23.2 Å². The second-order valence-electron chi connectivity index (χ2n) is 3.79. The maximum Gasteiger partial charge on any atom is 0.334 e. The van der Waals surface area contributed by atoms with Crippen LogP contribution >= 0.6 is 23.2 Å². The predicted octanol–water partition coefficient (Wildman–Crippen LogP) is 2.01. The van der Waals surface area contributed by atoms with Gasteiger partial charge in [0.1, 0.15) is 11.2 Å². The van der Waals surface area contributed by atoms with Gasteiger partial charge in [0.05, 0.1) is 21.8 Å². The summed E-state index contributed by atoms with van der Waals surface area (Å²) >= 11 is 11.6. The van der Waals surface area contributed by atoms with Crippen LogP contribution in [-0.2, 0) is 0 Å². The zero-order chi connectivity index (χ0) is 14.2. The molecule has 0 amide bonds. The molecule has 96 valence electrons. The number of aromatic amines is 1. The van der Waals surface area contributed by atoms with Gasteiger partial charge in [-0.15, -0.1) is 0 Å². The van der Waals surface area contributed by atoms with Gasteiger partial charge in [0.2, 0.25) is 0 Å². The van der Waals surface area contributed by atoms with Crippen molar-refractivity contribution in [3.8, 4) is 11.8 Å². The number of nitrogens with one attached hydrogen (secondary N) is 1. The summed E-state index contributed by atoms with van der Waals surface area (Å²) in [7, 11) is 0. The molecule has 0 saturated heterocycles. The molecule has 0 bridgehead atoms. The van der Waals surface area contributed by atoms with Crippen LogP contribution in [0.3, 0.4) is 0 Å². The Kier molecular flexibility index (Phi) is 3.47. The van der Waals surface area contributed by atoms with Crippen LogP contribution < -0.4 is 11.2 Å². The quantitative estimate of drug-likeness (QED) is 0.818. The molecule has 19 heavy (non-hydrogen) atoms. The third-order valence-electron chi connectivity index (χ3n) is 2.60. The zero-order valence-corrected chi connectivity index (χ0v) is 11.2. The second-order valence-corrected chi connectivity index (χ2v) is 4.57. The molecule has 1 N–H and O–H groups in total. The van der Waals surface area contributed by atoms with Crippen molar-refractivity contribution < 1.29 is 0 Å². The van der Waals surface area contributed by atoms with E-state index in [1.54, 1.807) is 0 Å². The lowest BCUT2D eigenvalue weighted by Gasteiger charge is -2.07. The third-order valence-corrected chi connectivity index (χ3v) is 3.29. The lowest BCUT2D eigenvalue weighted by atomic mass is 10.2. The molecule has 1 aromatic heterocycles. The lowest BCUT2D eigenvalue weighted by Crippen LogP contribution is -2.35. The highest BCUT2D eigenvalue weighted by Gasteiger charge is 2.11. The van der Waals surface area contributed by atoms with Gasteiger partial charge in [0.15, 0.2) is 0 Å². The molecule has 0 radical (unpaired) electrons. The van der Waals surface area contributed by atoms with Crippen LogP contribution in [0.2, 0.25) is 10.2 Å². The van der Waals surface area contributed by atoms with Gasteiger partial charge in [-0.1, -0.05) is 23.2 Å². The molecule has 0 saturated carbocycles. The van der Waals surface area contributed by atoms with Gasteiger partial charge < -0.3 is 0 Å². The van der Waals surface area contributed by atoms with Crippen LogP contribution in [0.1, 0.15) is 11.1 Å². The van der Waals surface area contributed by atoms with E-state index < -0.39 is 11.2 Å². The Morgan fingerprint density at radius 3 is 2.58 bits per heavy atom. The van der Waals surface area contributed by atoms with Crippen LogP contribution in [0.25, 0.3) is 5.69 Å². The predicted molar refractivity (Wildman–Crippen MR) is 72.1 cm³/mol. The molecular formula is C12H7Cl2N3O2. The minimum Gasteiger partial charge on any atom is -0.297 e. The summed E-state index contributed by atoms with van der Waals surface area (Å²) < 4.78 is 0.911. The van der Waals surface area contributed by atoms with Crippen LogP contribution in [0.4, 0.5) is 0 Å². The summed E-state index contributed by atoms with van der Waals surface area (Å²) in [5.74, 6) is 0. The van der Waals surface area contributed by atoms with E-state index in [1.165, 1.54) is 25.1 Å². The Morgan fingerprint density at radius 1 is 1.32 bits per heavy atom. The van der Waals surface area contributed by atoms with Crippen molar-refractivity contribution in [1.82, 2.24) is 9.55 Å². The van der Waals surface area contributed by atoms with Crippen LogP contribution in [0.5, 0.6) is 0 Å². The van der Waals surface area contributed by atoms with Crippen molar-refractivity contribution in [2.75, 3.05) is 0 Å². The summed E-state index contributed by atoms with van der Waals surface area (Å²) in [6.45, 7) is 1.50. The number of benzene rings is 1. The van der Waals surface area contributed by atoms with Crippen molar-refractivity contribution in [1.29, 1.82) is 5.26 Å². The van der Waals surface area contributed by atoms with Gasteiger partial charge in [0, 0.05) is 0 Å². The topological polar surface area (TPSA) is 78.7 Å². The molecule has 0 aliphatic heterocycles. The molecule has 2 aromatic rings. The van der Waals surface area contributed by atoms with Gasteiger partial charge in [0.25, 0.3) is 5.56 Å². The SMILES string of the molecule is Cc1c(Cl)[nH]c(=O)n(-c2ccc(C#N)c(Cl)c2)c1=O. The van der Waals surface area contributed by atoms with E-state index in [4.69, 9.17) is 28.5 Å². The molecule has 0 aliphatic rings. The largest absolute Gasteiger partial charge is 0.334 e. The van der Waals surface area contributed by atoms with Gasteiger partial charge in [-0.2, -0.15) is 5.26 Å². The maximum absolute atomic E-state index is 12.0. The monoisotopic (exact) mass is 295 g/mol. The highest BCUT2D eigenvalue weighted by atomic mass is 35.5. The Balaban J connectivity index is 2.78. The number of hydrogen-bond acceptors (Lipinski definition) is 3. The molecule has 7 heteroatoms. The minimum atomic E-state index is -0.665. The van der Waals surface area contributed by atoms with Crippen molar-refractivity contribution in [3.63, 3.8) is 0 Å². The van der Waals surface area contributed by atoms with E-state index in [0.717, 1.165) is 4.57 Å². The number of nitrogens with zero attached hydrogens (tertiary/aromatic N) is 2. The molecule has 0 atom stereocenters. The number of nitriles is 1. The molecule has 0 unspecified atom stereocenters. The maximum atomic E-state index is 12.0. The molecule has 0 spiro atoms. The van der Waals surface area contributed by atoms with Gasteiger partial charge in [-0.25, -0.2) is 9.36 Å². The van der Waals surface area contributed by atoms with E-state index in [1.807, 2.05) is 6.07 Å². The second kappa shape index (κ2) is 4.92. The van der Waals surface area contributed by atoms with Gasteiger partial charge in [-0.3, -0.25) is 9.78 Å². The van der Waals surface area contributed by atoms with E-state index in [0.29, 0.717) is 0 Å².